The molecule has 2 atom stereocenters. The maximum Gasteiger partial charge on any atom is 0.251 e. The number of nitrogen functional groups attached to an aromatic ring is 1. The number of nitrogens with one attached hydrogen (secondary N) is 1. The Balaban J connectivity index is 0.00000208. The van der Waals surface area contributed by atoms with E-state index in [2.05, 4.69) is 36.5 Å². The van der Waals surface area contributed by atoms with Gasteiger partial charge in [0.2, 0.25) is 0 Å². The number of halogens is 1. The molecule has 4 nitrogen and oxygen atoms in total. The lowest BCUT2D eigenvalue weighted by atomic mass is 9.95. The van der Waals surface area contributed by atoms with Crippen LogP contribution in [0.15, 0.2) is 48.5 Å². The van der Waals surface area contributed by atoms with Gasteiger partial charge in [0.05, 0.1) is 6.04 Å². The molecule has 0 aromatic heterocycles. The number of carbonyl (C=O) groups excluding carboxylic acids is 1. The van der Waals surface area contributed by atoms with E-state index in [0.29, 0.717) is 11.3 Å². The molecular formula is C19H23ClN2O2. The Morgan fingerprint density at radius 1 is 1.21 bits per heavy atom. The molecule has 2 aromatic rings. The minimum Gasteiger partial charge on any atom is -0.399 e. The third-order valence-electron chi connectivity index (χ3n) is 4.19. The molecule has 3 rings (SSSR count). The molecule has 1 aliphatic rings. The Hall–Kier alpha value is -2.04. The maximum atomic E-state index is 12.5. The summed E-state index contributed by atoms with van der Waals surface area (Å²) in [6.07, 6.45) is 1.76. The van der Waals surface area contributed by atoms with Crippen LogP contribution in [0.5, 0.6) is 0 Å². The number of anilines is 1. The predicted molar refractivity (Wildman–Crippen MR) is 98.5 cm³/mol. The van der Waals surface area contributed by atoms with E-state index < -0.39 is 0 Å². The second kappa shape index (κ2) is 8.18. The first kappa shape index (κ1) is 18.3. The van der Waals surface area contributed by atoms with Crippen LogP contribution in [0.2, 0.25) is 0 Å². The Bertz CT molecular complexity index is 688. The Kier molecular flexibility index (Phi) is 6.23. The Morgan fingerprint density at radius 3 is 2.67 bits per heavy atom. The maximum absolute atomic E-state index is 12.5. The molecule has 128 valence electrons. The number of hydrogen-bond acceptors (Lipinski definition) is 3. The first-order valence-corrected chi connectivity index (χ1v) is 7.98. The average molecular weight is 347 g/mol. The molecule has 1 fully saturated rings. The number of hydrogen-bond donors (Lipinski definition) is 2. The van der Waals surface area contributed by atoms with E-state index in [-0.39, 0.29) is 30.5 Å². The summed E-state index contributed by atoms with van der Waals surface area (Å²) in [6.45, 7) is 2.79. The molecule has 0 bridgehead atoms. The molecule has 0 aliphatic carbocycles. The van der Waals surface area contributed by atoms with Gasteiger partial charge in [-0.05, 0) is 43.5 Å². The van der Waals surface area contributed by atoms with Crippen molar-refractivity contribution >= 4 is 24.0 Å². The molecule has 3 N–H and O–H groups in total. The van der Waals surface area contributed by atoms with E-state index >= 15 is 0 Å². The van der Waals surface area contributed by atoms with Crippen LogP contribution >= 0.6 is 12.4 Å². The number of rotatable bonds is 3. The van der Waals surface area contributed by atoms with E-state index in [1.54, 1.807) is 24.3 Å². The number of aryl methyl sites for hydroxylation is 1. The third kappa shape index (κ3) is 4.28. The zero-order valence-electron chi connectivity index (χ0n) is 13.7. The van der Waals surface area contributed by atoms with Crippen molar-refractivity contribution in [3.63, 3.8) is 0 Å². The summed E-state index contributed by atoms with van der Waals surface area (Å²) in [5.41, 5.74) is 9.25. The molecule has 0 radical (unpaired) electrons. The van der Waals surface area contributed by atoms with Crippen molar-refractivity contribution in [2.24, 2.45) is 0 Å². The van der Waals surface area contributed by atoms with Crippen molar-refractivity contribution < 1.29 is 9.53 Å². The summed E-state index contributed by atoms with van der Waals surface area (Å²) in [4.78, 5) is 12.5. The molecular weight excluding hydrogens is 324 g/mol. The van der Waals surface area contributed by atoms with Crippen LogP contribution < -0.4 is 11.1 Å². The topological polar surface area (TPSA) is 64.3 Å². The minimum absolute atomic E-state index is 0. The van der Waals surface area contributed by atoms with E-state index in [1.807, 2.05) is 0 Å². The molecule has 2 aromatic carbocycles. The summed E-state index contributed by atoms with van der Waals surface area (Å²) < 4.78 is 5.94. The smallest absolute Gasteiger partial charge is 0.251 e. The Morgan fingerprint density at radius 2 is 1.96 bits per heavy atom. The van der Waals surface area contributed by atoms with E-state index in [0.717, 1.165) is 25.0 Å². The highest BCUT2D eigenvalue weighted by Crippen LogP contribution is 2.29. The lowest BCUT2D eigenvalue weighted by molar-refractivity contribution is -0.00946. The molecule has 0 spiro atoms. The number of ether oxygens (including phenoxy) is 1. The monoisotopic (exact) mass is 346 g/mol. The van der Waals surface area contributed by atoms with Crippen molar-refractivity contribution in [1.82, 2.24) is 5.32 Å². The lowest BCUT2D eigenvalue weighted by Crippen LogP contribution is -2.42. The highest BCUT2D eigenvalue weighted by atomic mass is 35.5. The van der Waals surface area contributed by atoms with Crippen molar-refractivity contribution in [2.75, 3.05) is 12.3 Å². The first-order valence-electron chi connectivity index (χ1n) is 7.98. The summed E-state index contributed by atoms with van der Waals surface area (Å²) in [5, 5.41) is 3.11. The summed E-state index contributed by atoms with van der Waals surface area (Å²) in [6, 6.07) is 15.3. The van der Waals surface area contributed by atoms with Crippen LogP contribution in [0.3, 0.4) is 0 Å². The second-order valence-electron chi connectivity index (χ2n) is 6.05. The van der Waals surface area contributed by atoms with E-state index in [1.165, 1.54) is 5.56 Å². The summed E-state index contributed by atoms with van der Waals surface area (Å²) >= 11 is 0. The fourth-order valence-corrected chi connectivity index (χ4v) is 2.95. The van der Waals surface area contributed by atoms with Crippen LogP contribution in [-0.4, -0.2) is 18.6 Å². The SMILES string of the molecule is Cc1ccc(C2OCCCC2NC(=O)c2cccc(N)c2)cc1.Cl. The van der Waals surface area contributed by atoms with Gasteiger partial charge in [-0.2, -0.15) is 0 Å². The van der Waals surface area contributed by atoms with Gasteiger partial charge < -0.3 is 15.8 Å². The number of carbonyl (C=O) groups is 1. The molecule has 24 heavy (non-hydrogen) atoms. The van der Waals surface area contributed by atoms with Crippen molar-refractivity contribution in [1.29, 1.82) is 0 Å². The van der Waals surface area contributed by atoms with E-state index in [9.17, 15) is 4.79 Å². The van der Waals surface area contributed by atoms with Crippen LogP contribution in [0.4, 0.5) is 5.69 Å². The highest BCUT2D eigenvalue weighted by Gasteiger charge is 2.29. The zero-order chi connectivity index (χ0) is 16.2. The van der Waals surface area contributed by atoms with Crippen molar-refractivity contribution in [2.45, 2.75) is 31.9 Å². The van der Waals surface area contributed by atoms with Gasteiger partial charge in [0, 0.05) is 17.9 Å². The van der Waals surface area contributed by atoms with Gasteiger partial charge in [-0.15, -0.1) is 12.4 Å². The van der Waals surface area contributed by atoms with Gasteiger partial charge >= 0.3 is 0 Å². The van der Waals surface area contributed by atoms with Gasteiger partial charge in [-0.25, -0.2) is 0 Å². The second-order valence-corrected chi connectivity index (χ2v) is 6.05. The first-order chi connectivity index (χ1) is 11.1. The fourth-order valence-electron chi connectivity index (χ4n) is 2.95. The average Bonchev–Trinajstić information content (AvgIpc) is 2.56. The quantitative estimate of drug-likeness (QED) is 0.834. The molecule has 1 amide bonds. The predicted octanol–water partition coefficient (Wildman–Crippen LogP) is 3.65. The molecule has 1 saturated heterocycles. The van der Waals surface area contributed by atoms with Gasteiger partial charge in [0.1, 0.15) is 6.10 Å². The van der Waals surface area contributed by atoms with Gasteiger partial charge in [0.25, 0.3) is 5.91 Å². The molecule has 1 heterocycles. The van der Waals surface area contributed by atoms with Crippen LogP contribution in [0.25, 0.3) is 0 Å². The van der Waals surface area contributed by atoms with E-state index in [4.69, 9.17) is 10.5 Å². The third-order valence-corrected chi connectivity index (χ3v) is 4.19. The highest BCUT2D eigenvalue weighted by molar-refractivity contribution is 5.95. The molecule has 5 heteroatoms. The fraction of sp³-hybridized carbons (Fsp3) is 0.316. The number of amides is 1. The normalized spacial score (nSPS) is 20.0. The molecule has 1 aliphatic heterocycles. The Labute approximate surface area is 148 Å². The minimum atomic E-state index is -0.107. The van der Waals surface area contributed by atoms with Gasteiger partial charge in [-0.1, -0.05) is 35.9 Å². The zero-order valence-corrected chi connectivity index (χ0v) is 14.5. The van der Waals surface area contributed by atoms with Gasteiger partial charge in [0.15, 0.2) is 0 Å². The van der Waals surface area contributed by atoms with Gasteiger partial charge in [-0.3, -0.25) is 4.79 Å². The molecule has 2 unspecified atom stereocenters. The van der Waals surface area contributed by atoms with Crippen LogP contribution in [-0.2, 0) is 4.74 Å². The lowest BCUT2D eigenvalue weighted by Gasteiger charge is -2.32. The molecule has 0 saturated carbocycles. The largest absolute Gasteiger partial charge is 0.399 e. The van der Waals surface area contributed by atoms with Crippen LogP contribution in [0, 0.1) is 6.92 Å². The van der Waals surface area contributed by atoms with Crippen molar-refractivity contribution in [3.05, 3.63) is 65.2 Å². The van der Waals surface area contributed by atoms with Crippen LogP contribution in [0.1, 0.15) is 40.4 Å². The number of nitrogens with two attached hydrogens (primary N) is 1. The van der Waals surface area contributed by atoms with Crippen molar-refractivity contribution in [3.8, 4) is 0 Å². The number of benzene rings is 2. The summed E-state index contributed by atoms with van der Waals surface area (Å²) in [5.74, 6) is -0.107. The summed E-state index contributed by atoms with van der Waals surface area (Å²) in [7, 11) is 0. The standard InChI is InChI=1S/C19H22N2O2.ClH/c1-13-7-9-14(10-8-13)18-17(6-3-11-23-18)21-19(22)15-4-2-5-16(20)12-15;/h2,4-5,7-10,12,17-18H,3,6,11,20H2,1H3,(H,21,22);1H.